The van der Waals surface area contributed by atoms with E-state index in [1.165, 1.54) is 17.7 Å². The van der Waals surface area contributed by atoms with Crippen LogP contribution in [0.3, 0.4) is 0 Å². The van der Waals surface area contributed by atoms with E-state index in [1.54, 1.807) is 0 Å². The Balaban J connectivity index is 1.48. The number of aromatic nitrogens is 3. The lowest BCUT2D eigenvalue weighted by Crippen LogP contribution is -2.23. The van der Waals surface area contributed by atoms with E-state index >= 15 is 0 Å². The number of likely N-dealkylation sites (tertiary alicyclic amines) is 1. The van der Waals surface area contributed by atoms with Crippen LogP contribution < -0.4 is 0 Å². The molecule has 0 spiro atoms. The normalized spacial score (nSPS) is 17.7. The Morgan fingerprint density at radius 3 is 2.55 bits per heavy atom. The predicted molar refractivity (Wildman–Crippen MR) is 104 cm³/mol. The maximum atomic E-state index is 12.7. The highest BCUT2D eigenvalue weighted by Crippen LogP contribution is 2.32. The number of hydrogen-bond donors (Lipinski definition) is 0. The average molecular weight is 400 g/mol. The molecular weight excluding hydrogens is 377 g/mol. The lowest BCUT2D eigenvalue weighted by atomic mass is 10.1. The molecule has 7 heteroatoms. The van der Waals surface area contributed by atoms with E-state index in [2.05, 4.69) is 10.00 Å². The van der Waals surface area contributed by atoms with Crippen LogP contribution in [0, 0.1) is 0 Å². The van der Waals surface area contributed by atoms with Gasteiger partial charge in [-0.05, 0) is 49.2 Å². The number of alkyl halides is 3. The Hall–Kier alpha value is -2.67. The van der Waals surface area contributed by atoms with Gasteiger partial charge in [0.05, 0.1) is 23.5 Å². The Bertz CT molecular complexity index is 963. The molecule has 4 rings (SSSR count). The van der Waals surface area contributed by atoms with Gasteiger partial charge < -0.3 is 0 Å². The van der Waals surface area contributed by atoms with Gasteiger partial charge >= 0.3 is 6.18 Å². The first-order chi connectivity index (χ1) is 13.9. The summed E-state index contributed by atoms with van der Waals surface area (Å²) in [5, 5.41) is 4.24. The summed E-state index contributed by atoms with van der Waals surface area (Å²) in [5.74, 6) is 0. The summed E-state index contributed by atoms with van der Waals surface area (Å²) < 4.78 is 40.0. The number of hydrogen-bond acceptors (Lipinski definition) is 3. The third-order valence-corrected chi connectivity index (χ3v) is 5.34. The molecule has 4 nitrogen and oxygen atoms in total. The van der Waals surface area contributed by atoms with E-state index in [1.807, 2.05) is 42.3 Å². The van der Waals surface area contributed by atoms with E-state index in [-0.39, 0.29) is 6.04 Å². The molecule has 0 N–H and O–H groups in total. The van der Waals surface area contributed by atoms with Crippen molar-refractivity contribution >= 4 is 0 Å². The molecular formula is C22H23F3N4. The Kier molecular flexibility index (Phi) is 5.41. The lowest BCUT2D eigenvalue weighted by molar-refractivity contribution is -0.137. The highest BCUT2D eigenvalue weighted by atomic mass is 19.4. The van der Waals surface area contributed by atoms with Crippen molar-refractivity contribution in [3.63, 3.8) is 0 Å². The van der Waals surface area contributed by atoms with Crippen LogP contribution in [0.2, 0.25) is 0 Å². The summed E-state index contributed by atoms with van der Waals surface area (Å²) in [7, 11) is 1.91. The number of aryl methyl sites for hydroxylation is 1. The fourth-order valence-corrected chi connectivity index (χ4v) is 3.94. The standard InChI is InChI=1S/C22H23F3N4/c1-28-14-17(13-26-28)15-29-11-3-6-21(29)20-5-2-4-19(27-20)12-16-7-9-18(10-8-16)22(23,24)25/h2,4-5,7-10,13-14,21H,3,6,11-12,15H2,1H3. The molecule has 0 saturated carbocycles. The van der Waals surface area contributed by atoms with Gasteiger partial charge in [-0.15, -0.1) is 0 Å². The average Bonchev–Trinajstić information content (AvgIpc) is 3.31. The zero-order chi connectivity index (χ0) is 20.4. The molecule has 0 radical (unpaired) electrons. The highest BCUT2D eigenvalue weighted by Gasteiger charge is 2.30. The minimum absolute atomic E-state index is 0.253. The quantitative estimate of drug-likeness (QED) is 0.619. The van der Waals surface area contributed by atoms with Gasteiger partial charge in [-0.2, -0.15) is 18.3 Å². The van der Waals surface area contributed by atoms with Gasteiger partial charge in [0.25, 0.3) is 0 Å². The van der Waals surface area contributed by atoms with Crippen LogP contribution in [0.4, 0.5) is 13.2 Å². The van der Waals surface area contributed by atoms with Crippen molar-refractivity contribution in [1.29, 1.82) is 0 Å². The summed E-state index contributed by atoms with van der Waals surface area (Å²) >= 11 is 0. The fourth-order valence-electron chi connectivity index (χ4n) is 3.94. The maximum absolute atomic E-state index is 12.7. The first-order valence-electron chi connectivity index (χ1n) is 9.72. The van der Waals surface area contributed by atoms with Gasteiger partial charge in [0.2, 0.25) is 0 Å². The fraction of sp³-hybridized carbons (Fsp3) is 0.364. The highest BCUT2D eigenvalue weighted by molar-refractivity contribution is 5.28. The van der Waals surface area contributed by atoms with Crippen molar-refractivity contribution in [2.24, 2.45) is 7.05 Å². The van der Waals surface area contributed by atoms with E-state index < -0.39 is 11.7 Å². The third-order valence-electron chi connectivity index (χ3n) is 5.34. The Labute approximate surface area is 168 Å². The SMILES string of the molecule is Cn1cc(CN2CCCC2c2cccc(Cc3ccc(C(F)(F)F)cc3)n2)cn1. The molecule has 0 aliphatic carbocycles. The third kappa shape index (κ3) is 4.67. The van der Waals surface area contributed by atoms with Gasteiger partial charge in [-0.25, -0.2) is 0 Å². The number of rotatable bonds is 5. The Morgan fingerprint density at radius 1 is 1.07 bits per heavy atom. The van der Waals surface area contributed by atoms with Crippen molar-refractivity contribution < 1.29 is 13.2 Å². The first-order valence-corrected chi connectivity index (χ1v) is 9.72. The summed E-state index contributed by atoms with van der Waals surface area (Å²) in [6, 6.07) is 11.5. The molecule has 1 saturated heterocycles. The molecule has 3 heterocycles. The number of pyridine rings is 1. The van der Waals surface area contributed by atoms with Gasteiger partial charge in [0.15, 0.2) is 0 Å². The number of halogens is 3. The molecule has 0 bridgehead atoms. The van der Waals surface area contributed by atoms with E-state index in [0.717, 1.165) is 55.0 Å². The molecule has 0 amide bonds. The second kappa shape index (κ2) is 7.99. The van der Waals surface area contributed by atoms with Gasteiger partial charge in [-0.3, -0.25) is 14.6 Å². The largest absolute Gasteiger partial charge is 0.416 e. The van der Waals surface area contributed by atoms with E-state index in [9.17, 15) is 13.2 Å². The molecule has 1 aliphatic heterocycles. The molecule has 1 atom stereocenters. The van der Waals surface area contributed by atoms with Gasteiger partial charge in [0.1, 0.15) is 0 Å². The van der Waals surface area contributed by atoms with Crippen molar-refractivity contribution in [2.45, 2.75) is 38.0 Å². The topological polar surface area (TPSA) is 34.0 Å². The van der Waals surface area contributed by atoms with Crippen molar-refractivity contribution in [3.05, 3.63) is 82.9 Å². The zero-order valence-electron chi connectivity index (χ0n) is 16.2. The minimum Gasteiger partial charge on any atom is -0.290 e. The van der Waals surface area contributed by atoms with Crippen LogP contribution in [0.5, 0.6) is 0 Å². The van der Waals surface area contributed by atoms with E-state index in [4.69, 9.17) is 4.98 Å². The second-order valence-corrected chi connectivity index (χ2v) is 7.58. The number of nitrogens with zero attached hydrogens (tertiary/aromatic N) is 4. The van der Waals surface area contributed by atoms with Crippen LogP contribution in [0.1, 0.15) is 47.0 Å². The first kappa shape index (κ1) is 19.6. The summed E-state index contributed by atoms with van der Waals surface area (Å²) in [5.41, 5.74) is 3.27. The summed E-state index contributed by atoms with van der Waals surface area (Å²) in [6.07, 6.45) is 2.30. The second-order valence-electron chi connectivity index (χ2n) is 7.58. The Morgan fingerprint density at radius 2 is 1.86 bits per heavy atom. The van der Waals surface area contributed by atoms with E-state index in [0.29, 0.717) is 6.42 Å². The molecule has 1 fully saturated rings. The molecule has 1 aromatic carbocycles. The van der Waals surface area contributed by atoms with Crippen molar-refractivity contribution in [2.75, 3.05) is 6.54 Å². The monoisotopic (exact) mass is 400 g/mol. The summed E-state index contributed by atoms with van der Waals surface area (Å²) in [4.78, 5) is 7.25. The number of benzene rings is 1. The van der Waals surface area contributed by atoms with Crippen LogP contribution in [0.25, 0.3) is 0 Å². The summed E-state index contributed by atoms with van der Waals surface area (Å²) in [6.45, 7) is 1.85. The molecule has 152 valence electrons. The minimum atomic E-state index is -4.31. The molecule has 1 aliphatic rings. The van der Waals surface area contributed by atoms with Gasteiger partial charge in [0, 0.05) is 37.5 Å². The lowest BCUT2D eigenvalue weighted by Gasteiger charge is -2.23. The molecule has 2 aromatic heterocycles. The molecule has 1 unspecified atom stereocenters. The molecule has 3 aromatic rings. The maximum Gasteiger partial charge on any atom is 0.416 e. The van der Waals surface area contributed by atoms with Crippen molar-refractivity contribution in [1.82, 2.24) is 19.7 Å². The van der Waals surface area contributed by atoms with Crippen LogP contribution >= 0.6 is 0 Å². The van der Waals surface area contributed by atoms with Crippen LogP contribution in [-0.4, -0.2) is 26.2 Å². The van der Waals surface area contributed by atoms with Crippen LogP contribution in [0.15, 0.2) is 54.9 Å². The zero-order valence-corrected chi connectivity index (χ0v) is 16.2. The van der Waals surface area contributed by atoms with Crippen molar-refractivity contribution in [3.8, 4) is 0 Å². The molecule has 29 heavy (non-hydrogen) atoms. The predicted octanol–water partition coefficient (Wildman–Crippen LogP) is 4.76. The van der Waals surface area contributed by atoms with Gasteiger partial charge in [-0.1, -0.05) is 18.2 Å². The van der Waals surface area contributed by atoms with Crippen LogP contribution in [-0.2, 0) is 26.2 Å². The smallest absolute Gasteiger partial charge is 0.290 e.